The van der Waals surface area contributed by atoms with Crippen LogP contribution >= 0.6 is 0 Å². The van der Waals surface area contributed by atoms with E-state index in [4.69, 9.17) is 5.11 Å². The Kier molecular flexibility index (Phi) is 6.08. The monoisotopic (exact) mass is 271 g/mol. The summed E-state index contributed by atoms with van der Waals surface area (Å²) >= 11 is 0. The van der Waals surface area contributed by atoms with Crippen LogP contribution < -0.4 is 10.6 Å². The van der Waals surface area contributed by atoms with Crippen LogP contribution in [0.1, 0.15) is 39.5 Å². The number of rotatable bonds is 7. The summed E-state index contributed by atoms with van der Waals surface area (Å²) in [6.07, 6.45) is 3.38. The van der Waals surface area contributed by atoms with Gasteiger partial charge in [0, 0.05) is 12.1 Å². The molecule has 19 heavy (non-hydrogen) atoms. The van der Waals surface area contributed by atoms with E-state index in [-0.39, 0.29) is 12.5 Å². The first-order valence-corrected chi connectivity index (χ1v) is 6.89. The maximum absolute atomic E-state index is 11.6. The minimum Gasteiger partial charge on any atom is -0.481 e. The second-order valence-electron chi connectivity index (χ2n) is 5.74. The minimum absolute atomic E-state index is 0.0891. The van der Waals surface area contributed by atoms with Gasteiger partial charge in [0.1, 0.15) is 0 Å². The molecule has 6 nitrogen and oxygen atoms in total. The van der Waals surface area contributed by atoms with Crippen molar-refractivity contribution >= 4 is 12.0 Å². The molecule has 0 aromatic rings. The van der Waals surface area contributed by atoms with E-state index in [1.165, 1.54) is 12.8 Å². The van der Waals surface area contributed by atoms with Gasteiger partial charge in [0.2, 0.25) is 0 Å². The summed E-state index contributed by atoms with van der Waals surface area (Å²) in [5.74, 6) is -0.917. The Balaban J connectivity index is 2.11. The smallest absolute Gasteiger partial charge is 0.315 e. The molecule has 0 unspecified atom stereocenters. The first kappa shape index (κ1) is 15.8. The van der Waals surface area contributed by atoms with Gasteiger partial charge in [-0.25, -0.2) is 4.79 Å². The van der Waals surface area contributed by atoms with Crippen LogP contribution in [-0.4, -0.2) is 53.7 Å². The average molecular weight is 271 g/mol. The van der Waals surface area contributed by atoms with Crippen molar-refractivity contribution in [2.24, 2.45) is 0 Å². The number of carbonyl (C=O) groups is 2. The van der Waals surface area contributed by atoms with Gasteiger partial charge in [0.15, 0.2) is 0 Å². The van der Waals surface area contributed by atoms with E-state index in [1.54, 1.807) is 13.8 Å². The Hall–Kier alpha value is -1.30. The number of carboxylic acids is 1. The van der Waals surface area contributed by atoms with E-state index in [0.29, 0.717) is 6.54 Å². The van der Waals surface area contributed by atoms with Crippen molar-refractivity contribution in [3.63, 3.8) is 0 Å². The number of carbonyl (C=O) groups excluding carboxylic acids is 1. The fourth-order valence-corrected chi connectivity index (χ4v) is 2.28. The average Bonchev–Trinajstić information content (AvgIpc) is 2.74. The van der Waals surface area contributed by atoms with Crippen LogP contribution in [0.3, 0.4) is 0 Å². The molecule has 0 aliphatic carbocycles. The molecule has 1 aliphatic rings. The van der Waals surface area contributed by atoms with Gasteiger partial charge < -0.3 is 20.6 Å². The van der Waals surface area contributed by atoms with Gasteiger partial charge in [-0.15, -0.1) is 0 Å². The van der Waals surface area contributed by atoms with Gasteiger partial charge >= 0.3 is 12.0 Å². The van der Waals surface area contributed by atoms with Crippen LogP contribution in [0.25, 0.3) is 0 Å². The third-order valence-electron chi connectivity index (χ3n) is 3.18. The number of aliphatic carboxylic acids is 1. The predicted octanol–water partition coefficient (Wildman–Crippen LogP) is 1.02. The van der Waals surface area contributed by atoms with Gasteiger partial charge in [-0.3, -0.25) is 4.79 Å². The number of nitrogens with zero attached hydrogens (tertiary/aromatic N) is 1. The summed E-state index contributed by atoms with van der Waals surface area (Å²) in [4.78, 5) is 24.6. The fraction of sp³-hybridized carbons (Fsp3) is 0.846. The standard InChI is InChI=1S/C13H25N3O3/c1-13(2,10-11(17)18)15-12(19)14-6-5-9-16-7-3-4-8-16/h3-10H2,1-2H3,(H,17,18)(H2,14,15,19). The van der Waals surface area contributed by atoms with Crippen molar-refractivity contribution in [1.82, 2.24) is 15.5 Å². The third kappa shape index (κ3) is 7.00. The van der Waals surface area contributed by atoms with Gasteiger partial charge in [0.25, 0.3) is 0 Å². The second-order valence-corrected chi connectivity index (χ2v) is 5.74. The SMILES string of the molecule is CC(C)(CC(=O)O)NC(=O)NCCCN1CCCC1. The Bertz CT molecular complexity index is 312. The lowest BCUT2D eigenvalue weighted by Gasteiger charge is -2.24. The van der Waals surface area contributed by atoms with Crippen molar-refractivity contribution in [2.45, 2.75) is 45.1 Å². The molecule has 1 aliphatic heterocycles. The molecular weight excluding hydrogens is 246 g/mol. The molecule has 1 fully saturated rings. The molecule has 2 amide bonds. The van der Waals surface area contributed by atoms with E-state index in [0.717, 1.165) is 26.1 Å². The zero-order valence-electron chi connectivity index (χ0n) is 11.9. The number of carboxylic acid groups (broad SMARTS) is 1. The summed E-state index contributed by atoms with van der Waals surface area (Å²) in [5.41, 5.74) is -0.731. The first-order valence-electron chi connectivity index (χ1n) is 6.89. The number of nitrogens with one attached hydrogen (secondary N) is 2. The van der Waals surface area contributed by atoms with Crippen LogP contribution in [0.2, 0.25) is 0 Å². The predicted molar refractivity (Wildman–Crippen MR) is 73.2 cm³/mol. The molecule has 0 bridgehead atoms. The normalized spacial score (nSPS) is 16.3. The Morgan fingerprint density at radius 3 is 2.47 bits per heavy atom. The highest BCUT2D eigenvalue weighted by Crippen LogP contribution is 2.08. The summed E-state index contributed by atoms with van der Waals surface area (Å²) in [6, 6.07) is -0.298. The molecule has 0 aromatic heterocycles. The van der Waals surface area contributed by atoms with E-state index in [9.17, 15) is 9.59 Å². The van der Waals surface area contributed by atoms with Crippen molar-refractivity contribution in [3.8, 4) is 0 Å². The largest absolute Gasteiger partial charge is 0.481 e. The van der Waals surface area contributed by atoms with Gasteiger partial charge in [-0.05, 0) is 52.7 Å². The quantitative estimate of drug-likeness (QED) is 0.604. The Labute approximate surface area is 114 Å². The highest BCUT2D eigenvalue weighted by molar-refractivity contribution is 5.76. The lowest BCUT2D eigenvalue weighted by molar-refractivity contribution is -0.138. The minimum atomic E-state index is -0.917. The lowest BCUT2D eigenvalue weighted by atomic mass is 10.0. The number of hydrogen-bond acceptors (Lipinski definition) is 3. The van der Waals surface area contributed by atoms with E-state index in [1.807, 2.05) is 0 Å². The molecule has 1 saturated heterocycles. The second kappa shape index (κ2) is 7.33. The van der Waals surface area contributed by atoms with Crippen LogP contribution in [0.5, 0.6) is 0 Å². The topological polar surface area (TPSA) is 81.7 Å². The summed E-state index contributed by atoms with van der Waals surface area (Å²) < 4.78 is 0. The van der Waals surface area contributed by atoms with E-state index in [2.05, 4.69) is 15.5 Å². The Morgan fingerprint density at radius 2 is 1.89 bits per heavy atom. The van der Waals surface area contributed by atoms with E-state index < -0.39 is 11.5 Å². The molecular formula is C13H25N3O3. The van der Waals surface area contributed by atoms with Crippen molar-refractivity contribution in [1.29, 1.82) is 0 Å². The summed E-state index contributed by atoms with van der Waals surface area (Å²) in [6.45, 7) is 7.36. The number of amides is 2. The summed E-state index contributed by atoms with van der Waals surface area (Å²) in [7, 11) is 0. The van der Waals surface area contributed by atoms with Gasteiger partial charge in [0.05, 0.1) is 6.42 Å². The van der Waals surface area contributed by atoms with Gasteiger partial charge in [-0.1, -0.05) is 0 Å². The fourth-order valence-electron chi connectivity index (χ4n) is 2.28. The molecule has 3 N–H and O–H groups in total. The molecule has 1 rings (SSSR count). The number of urea groups is 1. The number of hydrogen-bond donors (Lipinski definition) is 3. The van der Waals surface area contributed by atoms with Crippen LogP contribution in [0.4, 0.5) is 4.79 Å². The maximum atomic E-state index is 11.6. The molecule has 1 heterocycles. The Morgan fingerprint density at radius 1 is 1.26 bits per heavy atom. The molecule has 0 saturated carbocycles. The van der Waals surface area contributed by atoms with Gasteiger partial charge in [-0.2, -0.15) is 0 Å². The molecule has 0 radical (unpaired) electrons. The molecule has 110 valence electrons. The zero-order chi connectivity index (χ0) is 14.3. The van der Waals surface area contributed by atoms with Crippen LogP contribution in [-0.2, 0) is 4.79 Å². The molecule has 0 atom stereocenters. The number of likely N-dealkylation sites (tertiary alicyclic amines) is 1. The highest BCUT2D eigenvalue weighted by Gasteiger charge is 2.23. The summed E-state index contributed by atoms with van der Waals surface area (Å²) in [5, 5.41) is 14.2. The maximum Gasteiger partial charge on any atom is 0.315 e. The third-order valence-corrected chi connectivity index (χ3v) is 3.18. The zero-order valence-corrected chi connectivity index (χ0v) is 11.9. The highest BCUT2D eigenvalue weighted by atomic mass is 16.4. The molecule has 0 aromatic carbocycles. The lowest BCUT2D eigenvalue weighted by Crippen LogP contribution is -2.49. The van der Waals surface area contributed by atoms with Crippen molar-refractivity contribution in [2.75, 3.05) is 26.2 Å². The molecule has 0 spiro atoms. The molecule has 6 heteroatoms. The first-order chi connectivity index (χ1) is 8.89. The van der Waals surface area contributed by atoms with Crippen LogP contribution in [0.15, 0.2) is 0 Å². The van der Waals surface area contributed by atoms with Crippen LogP contribution in [0, 0.1) is 0 Å². The van der Waals surface area contributed by atoms with Crippen molar-refractivity contribution in [3.05, 3.63) is 0 Å². The van der Waals surface area contributed by atoms with E-state index >= 15 is 0 Å². The van der Waals surface area contributed by atoms with Crippen molar-refractivity contribution < 1.29 is 14.7 Å².